The Hall–Kier alpha value is -2.18. The molecule has 6 nitrogen and oxygen atoms in total. The van der Waals surface area contributed by atoms with E-state index in [1.165, 1.54) is 0 Å². The van der Waals surface area contributed by atoms with Crippen molar-refractivity contribution in [3.05, 3.63) is 42.2 Å². The highest BCUT2D eigenvalue weighted by Gasteiger charge is 2.25. The summed E-state index contributed by atoms with van der Waals surface area (Å²) in [5.74, 6) is 0.788. The predicted octanol–water partition coefficient (Wildman–Crippen LogP) is 1.93. The molecule has 0 spiro atoms. The normalized spacial score (nSPS) is 16.0. The second kappa shape index (κ2) is 7.37. The third-order valence-electron chi connectivity index (χ3n) is 4.38. The Morgan fingerprint density at radius 2 is 2.08 bits per heavy atom. The molecule has 0 radical (unpaired) electrons. The SMILES string of the molecule is Cn1ccnc1-c1cccc(C(=O)NC(C)(C)CN2CCOCC2)c1. The maximum absolute atomic E-state index is 12.7. The van der Waals surface area contributed by atoms with Gasteiger partial charge in [-0.05, 0) is 26.0 Å². The van der Waals surface area contributed by atoms with Gasteiger partial charge in [-0.1, -0.05) is 12.1 Å². The summed E-state index contributed by atoms with van der Waals surface area (Å²) in [5.41, 5.74) is 1.27. The number of hydrogen-bond acceptors (Lipinski definition) is 4. The summed E-state index contributed by atoms with van der Waals surface area (Å²) < 4.78 is 7.33. The number of amides is 1. The summed E-state index contributed by atoms with van der Waals surface area (Å²) in [5, 5.41) is 3.16. The average molecular weight is 342 g/mol. The lowest BCUT2D eigenvalue weighted by atomic mass is 10.0. The lowest BCUT2D eigenvalue weighted by Gasteiger charge is -2.35. The van der Waals surface area contributed by atoms with E-state index in [4.69, 9.17) is 4.74 Å². The molecule has 1 fully saturated rings. The first-order chi connectivity index (χ1) is 11.9. The summed E-state index contributed by atoms with van der Waals surface area (Å²) >= 11 is 0. The first-order valence-corrected chi connectivity index (χ1v) is 8.65. The summed E-state index contributed by atoms with van der Waals surface area (Å²) in [6.45, 7) is 8.26. The van der Waals surface area contributed by atoms with E-state index in [1.807, 2.05) is 42.1 Å². The van der Waals surface area contributed by atoms with Crippen LogP contribution in [0.1, 0.15) is 24.2 Å². The monoisotopic (exact) mass is 342 g/mol. The summed E-state index contributed by atoms with van der Waals surface area (Å²) in [6, 6.07) is 7.60. The van der Waals surface area contributed by atoms with Gasteiger partial charge in [-0.25, -0.2) is 4.98 Å². The molecule has 1 aliphatic rings. The standard InChI is InChI=1S/C19H26N4O2/c1-19(2,14-23-9-11-25-12-10-23)21-18(24)16-6-4-5-15(13-16)17-20-7-8-22(17)3/h4-8,13H,9-12,14H2,1-3H3,(H,21,24). The van der Waals surface area contributed by atoms with E-state index in [-0.39, 0.29) is 11.4 Å². The largest absolute Gasteiger partial charge is 0.379 e. The molecule has 3 rings (SSSR count). The number of aromatic nitrogens is 2. The number of carbonyl (C=O) groups is 1. The van der Waals surface area contributed by atoms with Crippen molar-refractivity contribution >= 4 is 5.91 Å². The van der Waals surface area contributed by atoms with Gasteiger partial charge in [0.1, 0.15) is 5.82 Å². The Bertz CT molecular complexity index is 733. The van der Waals surface area contributed by atoms with Crippen LogP contribution >= 0.6 is 0 Å². The summed E-state index contributed by atoms with van der Waals surface area (Å²) in [6.07, 6.45) is 3.65. The highest BCUT2D eigenvalue weighted by Crippen LogP contribution is 2.18. The van der Waals surface area contributed by atoms with E-state index in [9.17, 15) is 4.79 Å². The third-order valence-corrected chi connectivity index (χ3v) is 4.38. The number of aryl methyl sites for hydroxylation is 1. The molecular weight excluding hydrogens is 316 g/mol. The Kier molecular flexibility index (Phi) is 5.20. The van der Waals surface area contributed by atoms with Crippen LogP contribution in [0.25, 0.3) is 11.4 Å². The Morgan fingerprint density at radius 3 is 2.76 bits per heavy atom. The number of hydrogen-bond donors (Lipinski definition) is 1. The fraction of sp³-hybridized carbons (Fsp3) is 0.474. The van der Waals surface area contributed by atoms with Gasteiger partial charge in [0.25, 0.3) is 5.91 Å². The number of nitrogens with one attached hydrogen (secondary N) is 1. The molecule has 0 saturated carbocycles. The fourth-order valence-electron chi connectivity index (χ4n) is 3.18. The minimum Gasteiger partial charge on any atom is -0.379 e. The molecule has 0 unspecified atom stereocenters. The van der Waals surface area contributed by atoms with Crippen LogP contribution in [0.15, 0.2) is 36.7 Å². The summed E-state index contributed by atoms with van der Waals surface area (Å²) in [7, 11) is 1.94. The quantitative estimate of drug-likeness (QED) is 0.902. The van der Waals surface area contributed by atoms with Crippen molar-refractivity contribution < 1.29 is 9.53 Å². The van der Waals surface area contributed by atoms with Crippen LogP contribution < -0.4 is 5.32 Å². The van der Waals surface area contributed by atoms with E-state index >= 15 is 0 Å². The number of benzene rings is 1. The molecule has 2 aromatic rings. The van der Waals surface area contributed by atoms with Gasteiger partial charge in [-0.15, -0.1) is 0 Å². The molecule has 0 bridgehead atoms. The minimum absolute atomic E-state index is 0.0608. The molecule has 2 heterocycles. The van der Waals surface area contributed by atoms with E-state index in [0.717, 1.165) is 44.2 Å². The van der Waals surface area contributed by atoms with Crippen LogP contribution in [-0.2, 0) is 11.8 Å². The zero-order valence-corrected chi connectivity index (χ0v) is 15.2. The van der Waals surface area contributed by atoms with Gasteiger partial charge in [-0.2, -0.15) is 0 Å². The third kappa shape index (κ3) is 4.46. The molecule has 1 amide bonds. The zero-order valence-electron chi connectivity index (χ0n) is 15.2. The number of carbonyl (C=O) groups excluding carboxylic acids is 1. The van der Waals surface area contributed by atoms with Gasteiger partial charge in [0.2, 0.25) is 0 Å². The van der Waals surface area contributed by atoms with E-state index < -0.39 is 0 Å². The van der Waals surface area contributed by atoms with Crippen LogP contribution in [0.4, 0.5) is 0 Å². The molecule has 1 aromatic carbocycles. The van der Waals surface area contributed by atoms with E-state index in [0.29, 0.717) is 5.56 Å². The Labute approximate surface area is 148 Å². The molecule has 134 valence electrons. The van der Waals surface area contributed by atoms with Gasteiger partial charge in [0, 0.05) is 55.7 Å². The van der Waals surface area contributed by atoms with Crippen molar-refractivity contribution in [2.45, 2.75) is 19.4 Å². The van der Waals surface area contributed by atoms with Gasteiger partial charge >= 0.3 is 0 Å². The average Bonchev–Trinajstić information content (AvgIpc) is 3.01. The van der Waals surface area contributed by atoms with Crippen molar-refractivity contribution in [2.75, 3.05) is 32.8 Å². The molecular formula is C19H26N4O2. The van der Waals surface area contributed by atoms with Crippen molar-refractivity contribution in [3.63, 3.8) is 0 Å². The second-order valence-corrected chi connectivity index (χ2v) is 7.17. The summed E-state index contributed by atoms with van der Waals surface area (Å²) in [4.78, 5) is 19.4. The predicted molar refractivity (Wildman–Crippen MR) is 97.4 cm³/mol. The highest BCUT2D eigenvalue weighted by molar-refractivity contribution is 5.95. The molecule has 1 N–H and O–H groups in total. The smallest absolute Gasteiger partial charge is 0.251 e. The fourth-order valence-corrected chi connectivity index (χ4v) is 3.18. The van der Waals surface area contributed by atoms with Crippen molar-refractivity contribution in [3.8, 4) is 11.4 Å². The zero-order chi connectivity index (χ0) is 17.9. The lowest BCUT2D eigenvalue weighted by molar-refractivity contribution is 0.0269. The maximum Gasteiger partial charge on any atom is 0.251 e. The Morgan fingerprint density at radius 1 is 1.32 bits per heavy atom. The van der Waals surface area contributed by atoms with Gasteiger partial charge in [0.15, 0.2) is 0 Å². The maximum atomic E-state index is 12.7. The number of nitrogens with zero attached hydrogens (tertiary/aromatic N) is 3. The van der Waals surface area contributed by atoms with Crippen LogP contribution in [0.3, 0.4) is 0 Å². The minimum atomic E-state index is -0.312. The highest BCUT2D eigenvalue weighted by atomic mass is 16.5. The number of imidazole rings is 1. The molecule has 6 heteroatoms. The number of ether oxygens (including phenoxy) is 1. The first-order valence-electron chi connectivity index (χ1n) is 8.65. The second-order valence-electron chi connectivity index (χ2n) is 7.17. The molecule has 1 saturated heterocycles. The molecule has 25 heavy (non-hydrogen) atoms. The van der Waals surface area contributed by atoms with Gasteiger partial charge in [0.05, 0.1) is 13.2 Å². The molecule has 0 atom stereocenters. The van der Waals surface area contributed by atoms with Crippen molar-refractivity contribution in [1.82, 2.24) is 19.8 Å². The Balaban J connectivity index is 1.69. The van der Waals surface area contributed by atoms with Crippen LogP contribution in [0, 0.1) is 0 Å². The molecule has 1 aliphatic heterocycles. The number of rotatable bonds is 5. The van der Waals surface area contributed by atoms with Crippen LogP contribution in [0.2, 0.25) is 0 Å². The molecule has 1 aromatic heterocycles. The lowest BCUT2D eigenvalue weighted by Crippen LogP contribution is -2.53. The van der Waals surface area contributed by atoms with E-state index in [2.05, 4.69) is 29.0 Å². The van der Waals surface area contributed by atoms with Crippen molar-refractivity contribution in [1.29, 1.82) is 0 Å². The topological polar surface area (TPSA) is 59.4 Å². The van der Waals surface area contributed by atoms with Crippen LogP contribution in [0.5, 0.6) is 0 Å². The van der Waals surface area contributed by atoms with E-state index in [1.54, 1.807) is 6.20 Å². The first kappa shape index (κ1) is 17.6. The van der Waals surface area contributed by atoms with Crippen molar-refractivity contribution in [2.24, 2.45) is 7.05 Å². The van der Waals surface area contributed by atoms with Gasteiger partial charge < -0.3 is 14.6 Å². The van der Waals surface area contributed by atoms with Crippen LogP contribution in [-0.4, -0.2) is 58.7 Å². The molecule has 0 aliphatic carbocycles. The van der Waals surface area contributed by atoms with Gasteiger partial charge in [-0.3, -0.25) is 9.69 Å². The number of morpholine rings is 1.